The molecular formula is C21H18N6O2. The summed E-state index contributed by atoms with van der Waals surface area (Å²) in [5, 5.41) is 0. The fraction of sp³-hybridized carbons (Fsp3) is 0.143. The quantitative estimate of drug-likeness (QED) is 0.569. The van der Waals surface area contributed by atoms with Crippen molar-refractivity contribution in [1.82, 2.24) is 19.4 Å². The second-order valence-corrected chi connectivity index (χ2v) is 6.77. The van der Waals surface area contributed by atoms with Crippen molar-refractivity contribution < 1.29 is 9.53 Å². The van der Waals surface area contributed by atoms with Crippen molar-refractivity contribution in [3.05, 3.63) is 55.0 Å². The molecule has 0 radical (unpaired) electrons. The van der Waals surface area contributed by atoms with Crippen LogP contribution >= 0.6 is 0 Å². The maximum atomic E-state index is 12.1. The number of fused-ring (bicyclic) bond motifs is 2. The normalized spacial score (nSPS) is 13.2. The van der Waals surface area contributed by atoms with Crippen molar-refractivity contribution in [2.45, 2.75) is 6.92 Å². The van der Waals surface area contributed by atoms with Crippen LogP contribution in [-0.4, -0.2) is 38.4 Å². The Bertz CT molecular complexity index is 1250. The van der Waals surface area contributed by atoms with Gasteiger partial charge in [-0.2, -0.15) is 0 Å². The predicted octanol–water partition coefficient (Wildman–Crippen LogP) is 2.79. The zero-order chi connectivity index (χ0) is 20.0. The smallest absolute Gasteiger partial charge is 0.234 e. The van der Waals surface area contributed by atoms with Gasteiger partial charge in [-0.25, -0.2) is 15.0 Å². The van der Waals surface area contributed by atoms with Gasteiger partial charge in [0.05, 0.1) is 23.6 Å². The monoisotopic (exact) mass is 386 g/mol. The van der Waals surface area contributed by atoms with E-state index in [9.17, 15) is 4.79 Å². The Kier molecular flexibility index (Phi) is 3.90. The highest BCUT2D eigenvalue weighted by Gasteiger charge is 2.24. The van der Waals surface area contributed by atoms with Crippen molar-refractivity contribution in [3.63, 3.8) is 0 Å². The number of carbonyl (C=O) groups is 1. The molecule has 3 aromatic heterocycles. The van der Waals surface area contributed by atoms with Crippen LogP contribution in [0.4, 0.5) is 11.5 Å². The van der Waals surface area contributed by atoms with E-state index in [2.05, 4.69) is 9.97 Å². The van der Waals surface area contributed by atoms with Crippen LogP contribution in [0.15, 0.2) is 55.0 Å². The average molecular weight is 386 g/mol. The molecular weight excluding hydrogens is 368 g/mol. The molecule has 0 aliphatic carbocycles. The summed E-state index contributed by atoms with van der Waals surface area (Å²) in [5.41, 5.74) is 9.98. The van der Waals surface area contributed by atoms with Crippen LogP contribution in [0.25, 0.3) is 28.3 Å². The lowest BCUT2D eigenvalue weighted by molar-refractivity contribution is -0.116. The molecule has 4 heterocycles. The average Bonchev–Trinajstić information content (AvgIpc) is 3.12. The number of aromatic nitrogens is 4. The van der Waals surface area contributed by atoms with Gasteiger partial charge in [0.2, 0.25) is 11.7 Å². The molecule has 0 saturated carbocycles. The molecule has 0 spiro atoms. The lowest BCUT2D eigenvalue weighted by atomic mass is 10.0. The molecule has 0 saturated heterocycles. The minimum atomic E-state index is -0.0198. The third kappa shape index (κ3) is 2.85. The minimum Gasteiger partial charge on any atom is -0.490 e. The fourth-order valence-electron chi connectivity index (χ4n) is 3.65. The number of hydrogen-bond donors (Lipinski definition) is 1. The van der Waals surface area contributed by atoms with Gasteiger partial charge in [-0.1, -0.05) is 0 Å². The molecule has 0 bridgehead atoms. The van der Waals surface area contributed by atoms with Crippen LogP contribution in [0, 0.1) is 0 Å². The molecule has 29 heavy (non-hydrogen) atoms. The Morgan fingerprint density at radius 2 is 2.03 bits per heavy atom. The first-order chi connectivity index (χ1) is 14.1. The Morgan fingerprint density at radius 3 is 2.86 bits per heavy atom. The van der Waals surface area contributed by atoms with E-state index in [0.717, 1.165) is 28.2 Å². The maximum absolute atomic E-state index is 12.1. The van der Waals surface area contributed by atoms with E-state index in [-0.39, 0.29) is 5.91 Å². The largest absolute Gasteiger partial charge is 0.490 e. The third-order valence-electron chi connectivity index (χ3n) is 4.93. The first-order valence-electron chi connectivity index (χ1n) is 9.22. The highest BCUT2D eigenvalue weighted by molar-refractivity contribution is 5.95. The molecule has 5 rings (SSSR count). The highest BCUT2D eigenvalue weighted by Crippen LogP contribution is 2.39. The molecule has 8 heteroatoms. The summed E-state index contributed by atoms with van der Waals surface area (Å²) < 4.78 is 7.67. The lowest BCUT2D eigenvalue weighted by Gasteiger charge is -2.29. The molecule has 2 N–H and O–H groups in total. The Balaban J connectivity index is 1.76. The second-order valence-electron chi connectivity index (χ2n) is 6.77. The summed E-state index contributed by atoms with van der Waals surface area (Å²) in [4.78, 5) is 27.0. The van der Waals surface area contributed by atoms with Gasteiger partial charge in [-0.3, -0.25) is 9.20 Å². The van der Waals surface area contributed by atoms with Crippen LogP contribution in [0.3, 0.4) is 0 Å². The Morgan fingerprint density at radius 1 is 1.14 bits per heavy atom. The standard InChI is InChI=1S/C21H18N6O2/c1-13(28)26-9-10-29-17-4-3-15(11-16(17)26)20-19(14-5-7-23-18(22)12-14)25-21-24-6-2-8-27(20)21/h2-8,11-12H,9-10H2,1H3,(H2,22,23). The molecule has 1 amide bonds. The zero-order valence-corrected chi connectivity index (χ0v) is 15.7. The minimum absolute atomic E-state index is 0.0198. The number of nitrogens with zero attached hydrogens (tertiary/aromatic N) is 5. The van der Waals surface area contributed by atoms with Crippen LogP contribution in [-0.2, 0) is 4.79 Å². The number of amides is 1. The molecule has 8 nitrogen and oxygen atoms in total. The van der Waals surface area contributed by atoms with Gasteiger partial charge in [-0.15, -0.1) is 0 Å². The second kappa shape index (κ2) is 6.59. The van der Waals surface area contributed by atoms with E-state index in [1.54, 1.807) is 30.3 Å². The number of nitrogen functional groups attached to an aromatic ring is 1. The summed E-state index contributed by atoms with van der Waals surface area (Å²) in [6.07, 6.45) is 5.27. The summed E-state index contributed by atoms with van der Waals surface area (Å²) in [7, 11) is 0. The van der Waals surface area contributed by atoms with Crippen molar-refractivity contribution in [2.75, 3.05) is 23.8 Å². The van der Waals surface area contributed by atoms with Gasteiger partial charge in [0, 0.05) is 36.6 Å². The van der Waals surface area contributed by atoms with E-state index in [4.69, 9.17) is 15.5 Å². The summed E-state index contributed by atoms with van der Waals surface area (Å²) >= 11 is 0. The molecule has 1 aliphatic rings. The van der Waals surface area contributed by atoms with Crippen LogP contribution in [0.2, 0.25) is 0 Å². The molecule has 4 aromatic rings. The van der Waals surface area contributed by atoms with E-state index < -0.39 is 0 Å². The first-order valence-corrected chi connectivity index (χ1v) is 9.22. The predicted molar refractivity (Wildman–Crippen MR) is 110 cm³/mol. The Hall–Kier alpha value is -3.94. The third-order valence-corrected chi connectivity index (χ3v) is 4.93. The van der Waals surface area contributed by atoms with Crippen molar-refractivity contribution in [2.24, 2.45) is 0 Å². The lowest BCUT2D eigenvalue weighted by Crippen LogP contribution is -2.36. The number of benzene rings is 1. The molecule has 0 unspecified atom stereocenters. The molecule has 0 fully saturated rings. The van der Waals surface area contributed by atoms with Gasteiger partial charge in [0.25, 0.3) is 0 Å². The van der Waals surface area contributed by atoms with E-state index in [0.29, 0.717) is 30.5 Å². The van der Waals surface area contributed by atoms with Crippen LogP contribution in [0.1, 0.15) is 6.92 Å². The number of imidazole rings is 1. The summed E-state index contributed by atoms with van der Waals surface area (Å²) in [6, 6.07) is 11.3. The molecule has 1 aromatic carbocycles. The van der Waals surface area contributed by atoms with Crippen molar-refractivity contribution >= 4 is 23.2 Å². The van der Waals surface area contributed by atoms with Crippen molar-refractivity contribution in [1.29, 1.82) is 0 Å². The van der Waals surface area contributed by atoms with Gasteiger partial charge >= 0.3 is 0 Å². The fourth-order valence-corrected chi connectivity index (χ4v) is 3.65. The number of pyridine rings is 1. The number of nitrogens with two attached hydrogens (primary N) is 1. The van der Waals surface area contributed by atoms with Gasteiger partial charge in [0.15, 0.2) is 0 Å². The first kappa shape index (κ1) is 17.2. The number of anilines is 2. The number of ether oxygens (including phenoxy) is 1. The van der Waals surface area contributed by atoms with Gasteiger partial charge < -0.3 is 15.4 Å². The molecule has 0 atom stereocenters. The number of carbonyl (C=O) groups excluding carboxylic acids is 1. The zero-order valence-electron chi connectivity index (χ0n) is 15.7. The summed E-state index contributed by atoms with van der Waals surface area (Å²) in [5.74, 6) is 1.66. The van der Waals surface area contributed by atoms with Crippen molar-refractivity contribution in [3.8, 4) is 28.3 Å². The maximum Gasteiger partial charge on any atom is 0.234 e. The van der Waals surface area contributed by atoms with E-state index >= 15 is 0 Å². The highest BCUT2D eigenvalue weighted by atomic mass is 16.5. The van der Waals surface area contributed by atoms with Crippen LogP contribution in [0.5, 0.6) is 5.75 Å². The topological polar surface area (TPSA) is 98.6 Å². The van der Waals surface area contributed by atoms with E-state index in [1.807, 2.05) is 40.9 Å². The van der Waals surface area contributed by atoms with E-state index in [1.165, 1.54) is 0 Å². The van der Waals surface area contributed by atoms with Gasteiger partial charge in [0.1, 0.15) is 18.2 Å². The number of hydrogen-bond acceptors (Lipinski definition) is 6. The summed E-state index contributed by atoms with van der Waals surface area (Å²) in [6.45, 7) is 2.56. The number of rotatable bonds is 2. The Labute approximate surface area is 166 Å². The molecule has 1 aliphatic heterocycles. The molecule has 144 valence electrons. The van der Waals surface area contributed by atoms with Gasteiger partial charge in [-0.05, 0) is 36.4 Å². The van der Waals surface area contributed by atoms with Crippen LogP contribution < -0.4 is 15.4 Å². The SMILES string of the molecule is CC(=O)N1CCOc2ccc(-c3c(-c4ccnc(N)c4)nc4ncccn34)cc21.